The Kier molecular flexibility index (Phi) is 4.68. The standard InChI is InChI=1S/C16H23N3O3/c1-19-7-5-12(6-8-19)9-17-16(20)18-10-13-3-2-4-14-15(13)22-11-21-14/h2-4,12H,5-11H2,1H3,(H2,17,18,20). The van der Waals surface area contributed by atoms with E-state index in [9.17, 15) is 4.79 Å². The van der Waals surface area contributed by atoms with E-state index in [0.717, 1.165) is 49.5 Å². The lowest BCUT2D eigenvalue weighted by Crippen LogP contribution is -2.40. The fourth-order valence-corrected chi connectivity index (χ4v) is 2.87. The molecule has 2 aliphatic rings. The van der Waals surface area contributed by atoms with E-state index >= 15 is 0 Å². The molecule has 0 saturated carbocycles. The van der Waals surface area contributed by atoms with E-state index in [-0.39, 0.29) is 12.8 Å². The maximum atomic E-state index is 11.9. The molecular weight excluding hydrogens is 282 g/mol. The number of piperidine rings is 1. The van der Waals surface area contributed by atoms with Gasteiger partial charge >= 0.3 is 6.03 Å². The molecule has 1 fully saturated rings. The topological polar surface area (TPSA) is 62.8 Å². The number of ether oxygens (including phenoxy) is 2. The Morgan fingerprint density at radius 1 is 1.27 bits per heavy atom. The summed E-state index contributed by atoms with van der Waals surface area (Å²) in [5.74, 6) is 2.06. The first-order chi connectivity index (χ1) is 10.7. The molecule has 0 aliphatic carbocycles. The molecule has 0 unspecified atom stereocenters. The van der Waals surface area contributed by atoms with Gasteiger partial charge in [-0.2, -0.15) is 0 Å². The van der Waals surface area contributed by atoms with Crippen molar-refractivity contribution in [2.45, 2.75) is 19.4 Å². The van der Waals surface area contributed by atoms with Gasteiger partial charge in [0.05, 0.1) is 0 Å². The van der Waals surface area contributed by atoms with Gasteiger partial charge in [0.1, 0.15) is 0 Å². The van der Waals surface area contributed by atoms with Crippen LogP contribution in [-0.2, 0) is 6.54 Å². The van der Waals surface area contributed by atoms with Crippen molar-refractivity contribution in [3.05, 3.63) is 23.8 Å². The monoisotopic (exact) mass is 305 g/mol. The number of hydrogen-bond donors (Lipinski definition) is 2. The molecule has 0 radical (unpaired) electrons. The number of rotatable bonds is 4. The van der Waals surface area contributed by atoms with Crippen molar-refractivity contribution in [1.29, 1.82) is 0 Å². The smallest absolute Gasteiger partial charge is 0.315 e. The Balaban J connectivity index is 1.42. The molecule has 3 rings (SSSR count). The third kappa shape index (κ3) is 3.62. The summed E-state index contributed by atoms with van der Waals surface area (Å²) in [6, 6.07) is 5.58. The highest BCUT2D eigenvalue weighted by molar-refractivity contribution is 5.74. The fraction of sp³-hybridized carbons (Fsp3) is 0.562. The van der Waals surface area contributed by atoms with Gasteiger partial charge in [-0.15, -0.1) is 0 Å². The summed E-state index contributed by atoms with van der Waals surface area (Å²) in [6.07, 6.45) is 2.29. The molecule has 1 aromatic rings. The van der Waals surface area contributed by atoms with Gasteiger partial charge in [0.15, 0.2) is 11.5 Å². The van der Waals surface area contributed by atoms with Crippen LogP contribution in [0.1, 0.15) is 18.4 Å². The molecule has 2 N–H and O–H groups in total. The second-order valence-electron chi connectivity index (χ2n) is 5.96. The Labute approximate surface area is 130 Å². The van der Waals surface area contributed by atoms with Crippen LogP contribution in [0.3, 0.4) is 0 Å². The van der Waals surface area contributed by atoms with Crippen molar-refractivity contribution < 1.29 is 14.3 Å². The fourth-order valence-electron chi connectivity index (χ4n) is 2.87. The van der Waals surface area contributed by atoms with Crippen molar-refractivity contribution >= 4 is 6.03 Å². The molecule has 2 amide bonds. The van der Waals surface area contributed by atoms with Crippen molar-refractivity contribution in [2.75, 3.05) is 33.5 Å². The van der Waals surface area contributed by atoms with Crippen LogP contribution in [0.5, 0.6) is 11.5 Å². The van der Waals surface area contributed by atoms with Crippen LogP contribution in [0.2, 0.25) is 0 Å². The number of carbonyl (C=O) groups is 1. The quantitative estimate of drug-likeness (QED) is 0.886. The van der Waals surface area contributed by atoms with Gasteiger partial charge in [-0.3, -0.25) is 0 Å². The molecule has 120 valence electrons. The van der Waals surface area contributed by atoms with Crippen LogP contribution < -0.4 is 20.1 Å². The average molecular weight is 305 g/mol. The van der Waals surface area contributed by atoms with Crippen LogP contribution in [0, 0.1) is 5.92 Å². The number of likely N-dealkylation sites (tertiary alicyclic amines) is 1. The molecule has 6 nitrogen and oxygen atoms in total. The highest BCUT2D eigenvalue weighted by atomic mass is 16.7. The van der Waals surface area contributed by atoms with Crippen LogP contribution >= 0.6 is 0 Å². The number of nitrogens with zero attached hydrogens (tertiary/aromatic N) is 1. The lowest BCUT2D eigenvalue weighted by Gasteiger charge is -2.28. The molecule has 0 bridgehead atoms. The van der Waals surface area contributed by atoms with Crippen molar-refractivity contribution in [3.63, 3.8) is 0 Å². The summed E-state index contributed by atoms with van der Waals surface area (Å²) >= 11 is 0. The average Bonchev–Trinajstić information content (AvgIpc) is 3.01. The summed E-state index contributed by atoms with van der Waals surface area (Å²) in [7, 11) is 2.14. The zero-order valence-electron chi connectivity index (χ0n) is 12.9. The second-order valence-corrected chi connectivity index (χ2v) is 5.96. The van der Waals surface area contributed by atoms with Gasteiger partial charge < -0.3 is 25.0 Å². The van der Waals surface area contributed by atoms with Gasteiger partial charge in [0.25, 0.3) is 0 Å². The molecule has 22 heavy (non-hydrogen) atoms. The number of benzene rings is 1. The molecule has 2 aliphatic heterocycles. The van der Waals surface area contributed by atoms with E-state index < -0.39 is 0 Å². The zero-order valence-corrected chi connectivity index (χ0v) is 12.9. The number of hydrogen-bond acceptors (Lipinski definition) is 4. The summed E-state index contributed by atoms with van der Waals surface area (Å²) in [6.45, 7) is 3.65. The minimum Gasteiger partial charge on any atom is -0.454 e. The SMILES string of the molecule is CN1CCC(CNC(=O)NCc2cccc3c2OCO3)CC1. The highest BCUT2D eigenvalue weighted by Crippen LogP contribution is 2.35. The van der Waals surface area contributed by atoms with Gasteiger partial charge in [0, 0.05) is 18.7 Å². The lowest BCUT2D eigenvalue weighted by atomic mass is 9.97. The van der Waals surface area contributed by atoms with Crippen molar-refractivity contribution in [1.82, 2.24) is 15.5 Å². The highest BCUT2D eigenvalue weighted by Gasteiger charge is 2.19. The summed E-state index contributed by atoms with van der Waals surface area (Å²) in [4.78, 5) is 14.2. The normalized spacial score (nSPS) is 18.2. The largest absolute Gasteiger partial charge is 0.454 e. The molecule has 0 spiro atoms. The van der Waals surface area contributed by atoms with E-state index in [1.165, 1.54) is 0 Å². The molecule has 1 saturated heterocycles. The third-order valence-electron chi connectivity index (χ3n) is 4.31. The number of nitrogens with one attached hydrogen (secondary N) is 2. The first-order valence-corrected chi connectivity index (χ1v) is 7.80. The summed E-state index contributed by atoms with van der Waals surface area (Å²) in [5, 5.41) is 5.85. The van der Waals surface area contributed by atoms with Crippen LogP contribution in [0.4, 0.5) is 4.79 Å². The molecule has 1 aromatic carbocycles. The third-order valence-corrected chi connectivity index (χ3v) is 4.31. The van der Waals surface area contributed by atoms with Gasteiger partial charge in [-0.05, 0) is 45.0 Å². The number of para-hydroxylation sites is 1. The lowest BCUT2D eigenvalue weighted by molar-refractivity contribution is 0.173. The van der Waals surface area contributed by atoms with E-state index in [2.05, 4.69) is 22.6 Å². The van der Waals surface area contributed by atoms with E-state index in [4.69, 9.17) is 9.47 Å². The maximum Gasteiger partial charge on any atom is 0.315 e. The van der Waals surface area contributed by atoms with Crippen LogP contribution in [0.25, 0.3) is 0 Å². The minimum absolute atomic E-state index is 0.129. The van der Waals surface area contributed by atoms with Gasteiger partial charge in [-0.1, -0.05) is 12.1 Å². The summed E-state index contributed by atoms with van der Waals surface area (Å²) in [5.41, 5.74) is 0.935. The van der Waals surface area contributed by atoms with Gasteiger partial charge in [-0.25, -0.2) is 4.79 Å². The van der Waals surface area contributed by atoms with Crippen molar-refractivity contribution in [2.24, 2.45) is 5.92 Å². The van der Waals surface area contributed by atoms with Crippen molar-refractivity contribution in [3.8, 4) is 11.5 Å². The molecule has 6 heteroatoms. The molecule has 2 heterocycles. The minimum atomic E-state index is -0.129. The second kappa shape index (κ2) is 6.87. The first kappa shape index (κ1) is 15.0. The predicted molar refractivity (Wildman–Crippen MR) is 83.0 cm³/mol. The Bertz CT molecular complexity index is 527. The predicted octanol–water partition coefficient (Wildman–Crippen LogP) is 1.56. The summed E-state index contributed by atoms with van der Waals surface area (Å²) < 4.78 is 10.8. The number of urea groups is 1. The Morgan fingerprint density at radius 3 is 2.91 bits per heavy atom. The molecule has 0 atom stereocenters. The number of fused-ring (bicyclic) bond motifs is 1. The molecule has 0 aromatic heterocycles. The van der Waals surface area contributed by atoms with Gasteiger partial charge in [0.2, 0.25) is 6.79 Å². The first-order valence-electron chi connectivity index (χ1n) is 7.80. The number of amides is 2. The zero-order chi connectivity index (χ0) is 15.4. The van der Waals surface area contributed by atoms with Crippen LogP contribution in [-0.4, -0.2) is 44.4 Å². The number of carbonyl (C=O) groups excluding carboxylic acids is 1. The Morgan fingerprint density at radius 2 is 2.09 bits per heavy atom. The molecular formula is C16H23N3O3. The Hall–Kier alpha value is -1.95. The van der Waals surface area contributed by atoms with Crippen LogP contribution in [0.15, 0.2) is 18.2 Å². The maximum absolute atomic E-state index is 11.9. The van der Waals surface area contributed by atoms with E-state index in [0.29, 0.717) is 12.5 Å². The van der Waals surface area contributed by atoms with E-state index in [1.807, 2.05) is 18.2 Å². The van der Waals surface area contributed by atoms with E-state index in [1.54, 1.807) is 0 Å².